The Kier molecular flexibility index (Phi) is 6.08. The van der Waals surface area contributed by atoms with E-state index in [-0.39, 0.29) is 17.1 Å². The molecule has 0 saturated carbocycles. The summed E-state index contributed by atoms with van der Waals surface area (Å²) in [6, 6.07) is 15.0. The van der Waals surface area contributed by atoms with E-state index in [1.54, 1.807) is 12.1 Å². The van der Waals surface area contributed by atoms with Gasteiger partial charge in [-0.05, 0) is 47.5 Å². The summed E-state index contributed by atoms with van der Waals surface area (Å²) < 4.78 is 5.12. The van der Waals surface area contributed by atoms with Gasteiger partial charge in [0.25, 0.3) is 0 Å². The molecule has 7 heteroatoms. The number of carbonyl (C=O) groups excluding carboxylic acids is 1. The maximum Gasteiger partial charge on any atom is 0.354 e. The maximum atomic E-state index is 12.1. The Morgan fingerprint density at radius 2 is 1.33 bits per heavy atom. The van der Waals surface area contributed by atoms with Gasteiger partial charge >= 0.3 is 11.9 Å². The van der Waals surface area contributed by atoms with Gasteiger partial charge in [0.15, 0.2) is 0 Å². The van der Waals surface area contributed by atoms with Crippen molar-refractivity contribution in [3.05, 3.63) is 70.8 Å². The number of hydrogen-bond acceptors (Lipinski definition) is 6. The largest absolute Gasteiger partial charge is 0.508 e. The molecule has 0 aromatic heterocycles. The number of benzene rings is 2. The van der Waals surface area contributed by atoms with E-state index >= 15 is 0 Å². The highest BCUT2D eigenvalue weighted by atomic mass is 16.5. The third kappa shape index (κ3) is 5.31. The molecule has 0 spiro atoms. The van der Waals surface area contributed by atoms with Gasteiger partial charge in [-0.3, -0.25) is 0 Å². The Bertz CT molecular complexity index is 1000. The van der Waals surface area contributed by atoms with Gasteiger partial charge in [0.1, 0.15) is 34.8 Å². The molecule has 2 N–H and O–H groups in total. The SMILES string of the molecule is N#C/C(=C\c1ccc(OC(=O)/C(C#N)=C/c2ccc(O)cc2)cc1)C(=O)O. The Labute approximate surface area is 154 Å². The minimum Gasteiger partial charge on any atom is -0.508 e. The molecule has 7 nitrogen and oxygen atoms in total. The second-order valence-corrected chi connectivity index (χ2v) is 5.19. The van der Waals surface area contributed by atoms with Crippen molar-refractivity contribution in [2.75, 3.05) is 0 Å². The molecule has 0 radical (unpaired) electrons. The van der Waals surface area contributed by atoms with Crippen molar-refractivity contribution in [2.24, 2.45) is 0 Å². The lowest BCUT2D eigenvalue weighted by atomic mass is 10.1. The standard InChI is InChI=1S/C20H12N2O5/c21-11-15(19(24)25)9-14-3-7-18(8-4-14)27-20(26)16(12-22)10-13-1-5-17(23)6-2-13/h1-10,23H,(H,24,25)/b15-9+,16-10+. The summed E-state index contributed by atoms with van der Waals surface area (Å²) in [4.78, 5) is 22.9. The van der Waals surface area contributed by atoms with E-state index < -0.39 is 17.5 Å². The molecule has 0 aliphatic carbocycles. The average Bonchev–Trinajstić information content (AvgIpc) is 2.66. The van der Waals surface area contributed by atoms with Gasteiger partial charge < -0.3 is 14.9 Å². The number of phenols is 1. The van der Waals surface area contributed by atoms with Crippen LogP contribution in [0.2, 0.25) is 0 Å². The Morgan fingerprint density at radius 3 is 1.81 bits per heavy atom. The first kappa shape index (κ1) is 19.0. The lowest BCUT2D eigenvalue weighted by molar-refractivity contribution is -0.132. The number of rotatable bonds is 5. The smallest absolute Gasteiger partial charge is 0.354 e. The van der Waals surface area contributed by atoms with E-state index in [9.17, 15) is 14.7 Å². The summed E-state index contributed by atoms with van der Waals surface area (Å²) in [5, 5.41) is 36.0. The second kappa shape index (κ2) is 8.65. The predicted molar refractivity (Wildman–Crippen MR) is 95.0 cm³/mol. The minimum absolute atomic E-state index is 0.0600. The van der Waals surface area contributed by atoms with Crippen molar-refractivity contribution in [2.45, 2.75) is 0 Å². The predicted octanol–water partition coefficient (Wildman–Crippen LogP) is 2.90. The third-order valence-electron chi connectivity index (χ3n) is 3.30. The van der Waals surface area contributed by atoms with E-state index in [0.717, 1.165) is 0 Å². The van der Waals surface area contributed by atoms with Crippen LogP contribution in [-0.2, 0) is 9.59 Å². The first-order valence-corrected chi connectivity index (χ1v) is 7.51. The number of ether oxygens (including phenoxy) is 1. The van der Waals surface area contributed by atoms with E-state index in [2.05, 4.69) is 0 Å². The molecule has 0 unspecified atom stereocenters. The molecule has 0 aliphatic heterocycles. The van der Waals surface area contributed by atoms with E-state index in [0.29, 0.717) is 11.1 Å². The van der Waals surface area contributed by atoms with Gasteiger partial charge in [0, 0.05) is 0 Å². The summed E-state index contributed by atoms with van der Waals surface area (Å²) in [6.45, 7) is 0. The molecule has 2 aromatic carbocycles. The zero-order valence-corrected chi connectivity index (χ0v) is 13.8. The number of carboxylic acid groups (broad SMARTS) is 1. The summed E-state index contributed by atoms with van der Waals surface area (Å²) in [7, 11) is 0. The quantitative estimate of drug-likeness (QED) is 0.363. The third-order valence-corrected chi connectivity index (χ3v) is 3.30. The molecule has 2 aromatic rings. The molecule has 0 saturated heterocycles. The van der Waals surface area contributed by atoms with Crippen molar-refractivity contribution in [1.29, 1.82) is 10.5 Å². The van der Waals surface area contributed by atoms with E-state index in [1.807, 2.05) is 0 Å². The van der Waals surface area contributed by atoms with Crippen LogP contribution in [0.15, 0.2) is 59.7 Å². The number of aromatic hydroxyl groups is 1. The number of nitrogens with zero attached hydrogens (tertiary/aromatic N) is 2. The van der Waals surface area contributed by atoms with Gasteiger partial charge in [-0.15, -0.1) is 0 Å². The van der Waals surface area contributed by atoms with Crippen LogP contribution in [0, 0.1) is 22.7 Å². The van der Waals surface area contributed by atoms with Crippen LogP contribution in [0.3, 0.4) is 0 Å². The lowest BCUT2D eigenvalue weighted by Gasteiger charge is -2.04. The van der Waals surface area contributed by atoms with Gasteiger partial charge in [-0.1, -0.05) is 24.3 Å². The molecule has 0 fully saturated rings. The fourth-order valence-corrected chi connectivity index (χ4v) is 1.98. The monoisotopic (exact) mass is 360 g/mol. The van der Waals surface area contributed by atoms with Crippen molar-refractivity contribution in [1.82, 2.24) is 0 Å². The average molecular weight is 360 g/mol. The first-order valence-electron chi connectivity index (χ1n) is 7.51. The van der Waals surface area contributed by atoms with Crippen LogP contribution in [0.4, 0.5) is 0 Å². The lowest BCUT2D eigenvalue weighted by Crippen LogP contribution is -2.10. The van der Waals surface area contributed by atoms with E-state index in [1.165, 1.54) is 60.7 Å². The molecule has 2 rings (SSSR count). The number of hydrogen-bond donors (Lipinski definition) is 2. The molecule has 0 heterocycles. The zero-order valence-electron chi connectivity index (χ0n) is 13.8. The second-order valence-electron chi connectivity index (χ2n) is 5.19. The number of nitriles is 2. The first-order chi connectivity index (χ1) is 12.9. The molecule has 27 heavy (non-hydrogen) atoms. The maximum absolute atomic E-state index is 12.1. The number of esters is 1. The molecule has 132 valence electrons. The van der Waals surface area contributed by atoms with Crippen LogP contribution in [0.5, 0.6) is 11.5 Å². The summed E-state index contributed by atoms with van der Waals surface area (Å²) in [6.07, 6.45) is 2.50. The topological polar surface area (TPSA) is 131 Å². The molecule has 0 aliphatic rings. The summed E-state index contributed by atoms with van der Waals surface area (Å²) in [5.74, 6) is -1.99. The fourth-order valence-electron chi connectivity index (χ4n) is 1.98. The Balaban J connectivity index is 2.15. The molecule has 0 bridgehead atoms. The molecular formula is C20H12N2O5. The normalized spacial score (nSPS) is 11.2. The highest BCUT2D eigenvalue weighted by molar-refractivity contribution is 5.99. The number of aliphatic carboxylic acids is 1. The molecule has 0 amide bonds. The van der Waals surface area contributed by atoms with Crippen LogP contribution in [0.1, 0.15) is 11.1 Å². The van der Waals surface area contributed by atoms with Gasteiger partial charge in [-0.2, -0.15) is 10.5 Å². The van der Waals surface area contributed by atoms with Gasteiger partial charge in [0.2, 0.25) is 0 Å². The van der Waals surface area contributed by atoms with Crippen molar-refractivity contribution < 1.29 is 24.5 Å². The molecule has 0 atom stereocenters. The van der Waals surface area contributed by atoms with Crippen molar-refractivity contribution >= 4 is 24.1 Å². The number of carbonyl (C=O) groups is 2. The van der Waals surface area contributed by atoms with Crippen LogP contribution in [-0.4, -0.2) is 22.2 Å². The van der Waals surface area contributed by atoms with E-state index in [4.69, 9.17) is 20.4 Å². The Morgan fingerprint density at radius 1 is 0.852 bits per heavy atom. The van der Waals surface area contributed by atoms with Gasteiger partial charge in [-0.25, -0.2) is 9.59 Å². The number of phenolic OH excluding ortho intramolecular Hbond substituents is 1. The Hall–Kier alpha value is -4.36. The fraction of sp³-hybridized carbons (Fsp3) is 0. The zero-order chi connectivity index (χ0) is 19.8. The highest BCUT2D eigenvalue weighted by Gasteiger charge is 2.12. The number of carboxylic acids is 1. The van der Waals surface area contributed by atoms with Crippen molar-refractivity contribution in [3.8, 4) is 23.6 Å². The highest BCUT2D eigenvalue weighted by Crippen LogP contribution is 2.17. The van der Waals surface area contributed by atoms with Gasteiger partial charge in [0.05, 0.1) is 0 Å². The van der Waals surface area contributed by atoms with Crippen LogP contribution in [0.25, 0.3) is 12.2 Å². The van der Waals surface area contributed by atoms with Crippen molar-refractivity contribution in [3.63, 3.8) is 0 Å². The van der Waals surface area contributed by atoms with Crippen LogP contribution >= 0.6 is 0 Å². The molecular weight excluding hydrogens is 348 g/mol. The summed E-state index contributed by atoms with van der Waals surface area (Å²) in [5.41, 5.74) is 0.319. The van der Waals surface area contributed by atoms with Crippen LogP contribution < -0.4 is 4.74 Å². The summed E-state index contributed by atoms with van der Waals surface area (Å²) >= 11 is 0. The minimum atomic E-state index is -1.34.